The summed E-state index contributed by atoms with van der Waals surface area (Å²) in [6.45, 7) is 1.54. The van der Waals surface area contributed by atoms with Crippen molar-refractivity contribution in [2.45, 2.75) is 13.0 Å². The van der Waals surface area contributed by atoms with E-state index in [9.17, 15) is 0 Å². The highest BCUT2D eigenvalue weighted by atomic mass is 79.9. The summed E-state index contributed by atoms with van der Waals surface area (Å²) in [6, 6.07) is 14.7. The highest BCUT2D eigenvalue weighted by molar-refractivity contribution is 9.11. The Hall–Kier alpha value is -0.840. The summed E-state index contributed by atoms with van der Waals surface area (Å²) in [5, 5.41) is 0. The molecular formula is C16H18Br2N2. The van der Waals surface area contributed by atoms with Gasteiger partial charge < -0.3 is 10.6 Å². The van der Waals surface area contributed by atoms with Crippen LogP contribution in [0.4, 0.5) is 5.69 Å². The van der Waals surface area contributed by atoms with Crippen LogP contribution < -0.4 is 10.6 Å². The summed E-state index contributed by atoms with van der Waals surface area (Å²) in [5.41, 5.74) is 9.31. The molecule has 0 atom stereocenters. The minimum Gasteiger partial charge on any atom is -0.369 e. The van der Waals surface area contributed by atoms with Crippen molar-refractivity contribution < 1.29 is 0 Å². The third kappa shape index (κ3) is 3.84. The van der Waals surface area contributed by atoms with Crippen LogP contribution in [0.25, 0.3) is 0 Å². The average molecular weight is 398 g/mol. The van der Waals surface area contributed by atoms with E-state index in [2.05, 4.69) is 80.2 Å². The summed E-state index contributed by atoms with van der Waals surface area (Å²) in [5.74, 6) is 0. The molecule has 4 heteroatoms. The maximum absolute atomic E-state index is 5.60. The van der Waals surface area contributed by atoms with Gasteiger partial charge in [-0.2, -0.15) is 0 Å². The molecule has 0 spiro atoms. The van der Waals surface area contributed by atoms with Crippen LogP contribution in [0, 0.1) is 0 Å². The fourth-order valence-electron chi connectivity index (χ4n) is 2.15. The van der Waals surface area contributed by atoms with Crippen molar-refractivity contribution in [1.82, 2.24) is 0 Å². The van der Waals surface area contributed by atoms with Crippen LogP contribution in [0.3, 0.4) is 0 Å². The standard InChI is InChI=1S/C16H18Br2N2/c1-20(11-13-4-2-3-5-14(13)17)16-7-6-12(8-9-19)10-15(16)18/h2-7,10H,8-9,11,19H2,1H3. The molecule has 0 fully saturated rings. The van der Waals surface area contributed by atoms with Crippen molar-refractivity contribution in [1.29, 1.82) is 0 Å². The van der Waals surface area contributed by atoms with Gasteiger partial charge in [-0.05, 0) is 58.2 Å². The average Bonchev–Trinajstić information content (AvgIpc) is 2.42. The second-order valence-corrected chi connectivity index (χ2v) is 6.48. The SMILES string of the molecule is CN(Cc1ccccc1Br)c1ccc(CCN)cc1Br. The first kappa shape index (κ1) is 15.5. The van der Waals surface area contributed by atoms with Gasteiger partial charge in [0.2, 0.25) is 0 Å². The quantitative estimate of drug-likeness (QED) is 0.812. The van der Waals surface area contributed by atoms with E-state index in [1.807, 2.05) is 6.07 Å². The lowest BCUT2D eigenvalue weighted by molar-refractivity contribution is 0.911. The van der Waals surface area contributed by atoms with Crippen molar-refractivity contribution in [3.05, 3.63) is 62.5 Å². The molecule has 0 radical (unpaired) electrons. The first-order valence-corrected chi connectivity index (χ1v) is 8.13. The van der Waals surface area contributed by atoms with E-state index in [1.54, 1.807) is 0 Å². The minimum atomic E-state index is 0.679. The third-order valence-electron chi connectivity index (χ3n) is 3.22. The van der Waals surface area contributed by atoms with Gasteiger partial charge in [-0.3, -0.25) is 0 Å². The maximum atomic E-state index is 5.60. The predicted octanol–water partition coefficient (Wildman–Crippen LogP) is 4.35. The largest absolute Gasteiger partial charge is 0.369 e. The van der Waals surface area contributed by atoms with E-state index in [-0.39, 0.29) is 0 Å². The fraction of sp³-hybridized carbons (Fsp3) is 0.250. The molecular weight excluding hydrogens is 380 g/mol. The summed E-state index contributed by atoms with van der Waals surface area (Å²) in [7, 11) is 2.10. The molecule has 0 amide bonds. The normalized spacial score (nSPS) is 10.6. The number of hydrogen-bond donors (Lipinski definition) is 1. The smallest absolute Gasteiger partial charge is 0.0511 e. The molecule has 0 aliphatic heterocycles. The van der Waals surface area contributed by atoms with Crippen LogP contribution >= 0.6 is 31.9 Å². The second-order valence-electron chi connectivity index (χ2n) is 4.77. The highest BCUT2D eigenvalue weighted by Crippen LogP contribution is 2.29. The van der Waals surface area contributed by atoms with Crippen molar-refractivity contribution in [2.24, 2.45) is 5.73 Å². The molecule has 0 saturated heterocycles. The zero-order chi connectivity index (χ0) is 14.5. The highest BCUT2D eigenvalue weighted by Gasteiger charge is 2.08. The molecule has 0 heterocycles. The molecule has 20 heavy (non-hydrogen) atoms. The van der Waals surface area contributed by atoms with Crippen molar-refractivity contribution in [3.63, 3.8) is 0 Å². The summed E-state index contributed by atoms with van der Waals surface area (Å²) < 4.78 is 2.25. The number of benzene rings is 2. The summed E-state index contributed by atoms with van der Waals surface area (Å²) >= 11 is 7.25. The van der Waals surface area contributed by atoms with Gasteiger partial charge in [0, 0.05) is 22.5 Å². The molecule has 0 aliphatic rings. The van der Waals surface area contributed by atoms with Crippen LogP contribution in [0.2, 0.25) is 0 Å². The Labute approximate surface area is 137 Å². The summed E-state index contributed by atoms with van der Waals surface area (Å²) in [4.78, 5) is 2.23. The molecule has 0 aliphatic carbocycles. The molecule has 2 nitrogen and oxygen atoms in total. The van der Waals surface area contributed by atoms with Gasteiger partial charge in [0.05, 0.1) is 5.69 Å². The van der Waals surface area contributed by atoms with E-state index < -0.39 is 0 Å². The lowest BCUT2D eigenvalue weighted by Crippen LogP contribution is -2.17. The van der Waals surface area contributed by atoms with Crippen molar-refractivity contribution >= 4 is 37.5 Å². The molecule has 2 aromatic rings. The Bertz CT molecular complexity index is 584. The zero-order valence-corrected chi connectivity index (χ0v) is 14.6. The lowest BCUT2D eigenvalue weighted by Gasteiger charge is -2.22. The summed E-state index contributed by atoms with van der Waals surface area (Å²) in [6.07, 6.45) is 0.910. The predicted molar refractivity (Wildman–Crippen MR) is 93.1 cm³/mol. The topological polar surface area (TPSA) is 29.3 Å². The Balaban J connectivity index is 2.17. The van der Waals surface area contributed by atoms with Crippen molar-refractivity contribution in [2.75, 3.05) is 18.5 Å². The molecule has 0 unspecified atom stereocenters. The number of halogens is 2. The first-order chi connectivity index (χ1) is 9.61. The monoisotopic (exact) mass is 396 g/mol. The van der Waals surface area contributed by atoms with Crippen LogP contribution in [-0.2, 0) is 13.0 Å². The molecule has 2 rings (SSSR count). The number of anilines is 1. The van der Waals surface area contributed by atoms with Crippen LogP contribution in [0.5, 0.6) is 0 Å². The van der Waals surface area contributed by atoms with E-state index in [0.717, 1.165) is 21.9 Å². The van der Waals surface area contributed by atoms with Gasteiger partial charge in [0.1, 0.15) is 0 Å². The third-order valence-corrected chi connectivity index (χ3v) is 4.63. The van der Waals surface area contributed by atoms with E-state index in [4.69, 9.17) is 5.73 Å². The van der Waals surface area contributed by atoms with Crippen molar-refractivity contribution in [3.8, 4) is 0 Å². The lowest BCUT2D eigenvalue weighted by atomic mass is 10.1. The number of nitrogens with two attached hydrogens (primary N) is 1. The minimum absolute atomic E-state index is 0.679. The second kappa shape index (κ2) is 7.25. The van der Waals surface area contributed by atoms with Crippen LogP contribution in [0.1, 0.15) is 11.1 Å². The van der Waals surface area contributed by atoms with E-state index in [0.29, 0.717) is 6.54 Å². The first-order valence-electron chi connectivity index (χ1n) is 6.55. The van der Waals surface area contributed by atoms with Crippen LogP contribution in [0.15, 0.2) is 51.4 Å². The Morgan fingerprint density at radius 2 is 1.80 bits per heavy atom. The number of rotatable bonds is 5. The Morgan fingerprint density at radius 1 is 1.05 bits per heavy atom. The molecule has 0 aromatic heterocycles. The van der Waals surface area contributed by atoms with Gasteiger partial charge in [-0.1, -0.05) is 40.2 Å². The van der Waals surface area contributed by atoms with Gasteiger partial charge in [0.15, 0.2) is 0 Å². The fourth-order valence-corrected chi connectivity index (χ4v) is 3.29. The number of hydrogen-bond acceptors (Lipinski definition) is 2. The van der Waals surface area contributed by atoms with Gasteiger partial charge in [-0.25, -0.2) is 0 Å². The molecule has 2 aromatic carbocycles. The van der Waals surface area contributed by atoms with E-state index >= 15 is 0 Å². The number of nitrogens with zero attached hydrogens (tertiary/aromatic N) is 1. The van der Waals surface area contributed by atoms with Gasteiger partial charge >= 0.3 is 0 Å². The van der Waals surface area contributed by atoms with Gasteiger partial charge in [-0.15, -0.1) is 0 Å². The zero-order valence-electron chi connectivity index (χ0n) is 11.4. The van der Waals surface area contributed by atoms with E-state index in [1.165, 1.54) is 16.8 Å². The molecule has 2 N–H and O–H groups in total. The maximum Gasteiger partial charge on any atom is 0.0511 e. The van der Waals surface area contributed by atoms with Crippen LogP contribution in [-0.4, -0.2) is 13.6 Å². The molecule has 0 bridgehead atoms. The Morgan fingerprint density at radius 3 is 2.45 bits per heavy atom. The molecule has 0 saturated carbocycles. The molecule has 106 valence electrons. The Kier molecular flexibility index (Phi) is 5.64. The van der Waals surface area contributed by atoms with Gasteiger partial charge in [0.25, 0.3) is 0 Å².